The fourth-order valence-electron chi connectivity index (χ4n) is 1.35. The van der Waals surface area contributed by atoms with Crippen molar-refractivity contribution >= 4 is 11.9 Å². The average Bonchev–Trinajstić information content (AvgIpc) is 2.43. The van der Waals surface area contributed by atoms with E-state index in [0.717, 1.165) is 5.56 Å². The summed E-state index contributed by atoms with van der Waals surface area (Å²) >= 11 is 0. The number of carbonyl (C=O) groups is 2. The SMILES string of the molecule is COC(=O)[C@@H](N)[C@H](C)C(=O)OCc1ccccc1. The molecule has 5 heteroatoms. The molecule has 0 saturated carbocycles. The first kappa shape index (κ1) is 14.2. The van der Waals surface area contributed by atoms with Gasteiger partial charge < -0.3 is 15.2 Å². The van der Waals surface area contributed by atoms with E-state index in [1.165, 1.54) is 14.0 Å². The fourth-order valence-corrected chi connectivity index (χ4v) is 1.35. The molecular formula is C13H17NO4. The van der Waals surface area contributed by atoms with Crippen molar-refractivity contribution in [1.82, 2.24) is 0 Å². The Hall–Kier alpha value is -1.88. The zero-order valence-corrected chi connectivity index (χ0v) is 10.5. The van der Waals surface area contributed by atoms with Crippen LogP contribution in [0.4, 0.5) is 0 Å². The van der Waals surface area contributed by atoms with Crippen molar-refractivity contribution in [3.05, 3.63) is 35.9 Å². The van der Waals surface area contributed by atoms with Gasteiger partial charge in [0.05, 0.1) is 13.0 Å². The van der Waals surface area contributed by atoms with Gasteiger partial charge >= 0.3 is 11.9 Å². The van der Waals surface area contributed by atoms with Crippen LogP contribution in [0, 0.1) is 5.92 Å². The van der Waals surface area contributed by atoms with E-state index in [2.05, 4.69) is 4.74 Å². The smallest absolute Gasteiger partial charge is 0.323 e. The normalized spacial score (nSPS) is 13.5. The first-order chi connectivity index (χ1) is 8.56. The first-order valence-electron chi connectivity index (χ1n) is 5.60. The molecule has 0 aliphatic rings. The summed E-state index contributed by atoms with van der Waals surface area (Å²) in [5.41, 5.74) is 6.45. The van der Waals surface area contributed by atoms with Gasteiger partial charge in [-0.05, 0) is 12.5 Å². The molecule has 98 valence electrons. The number of carbonyl (C=O) groups excluding carboxylic acids is 2. The quantitative estimate of drug-likeness (QED) is 0.785. The van der Waals surface area contributed by atoms with Gasteiger partial charge in [-0.2, -0.15) is 0 Å². The molecule has 0 saturated heterocycles. The molecule has 1 aromatic rings. The second-order valence-corrected chi connectivity index (χ2v) is 3.93. The average molecular weight is 251 g/mol. The number of hydrogen-bond donors (Lipinski definition) is 1. The first-order valence-corrected chi connectivity index (χ1v) is 5.60. The van der Waals surface area contributed by atoms with Gasteiger partial charge in [-0.1, -0.05) is 30.3 Å². The lowest BCUT2D eigenvalue weighted by Crippen LogP contribution is -2.41. The van der Waals surface area contributed by atoms with Gasteiger partial charge in [0.2, 0.25) is 0 Å². The van der Waals surface area contributed by atoms with Crippen LogP contribution in [0.1, 0.15) is 12.5 Å². The summed E-state index contributed by atoms with van der Waals surface area (Å²) in [4.78, 5) is 22.8. The summed E-state index contributed by atoms with van der Waals surface area (Å²) in [6, 6.07) is 8.27. The molecule has 0 aromatic heterocycles. The Morgan fingerprint density at radius 3 is 2.39 bits per heavy atom. The Kier molecular flexibility index (Phi) is 5.32. The molecule has 0 aliphatic carbocycles. The third kappa shape index (κ3) is 3.85. The minimum Gasteiger partial charge on any atom is -0.468 e. The topological polar surface area (TPSA) is 78.6 Å². The van der Waals surface area contributed by atoms with Crippen LogP contribution in [0.2, 0.25) is 0 Å². The van der Waals surface area contributed by atoms with E-state index >= 15 is 0 Å². The van der Waals surface area contributed by atoms with Gasteiger partial charge in [0.15, 0.2) is 0 Å². The lowest BCUT2D eigenvalue weighted by atomic mass is 10.0. The van der Waals surface area contributed by atoms with Crippen LogP contribution in [-0.2, 0) is 25.7 Å². The van der Waals surface area contributed by atoms with Crippen molar-refractivity contribution < 1.29 is 19.1 Å². The van der Waals surface area contributed by atoms with Crippen LogP contribution in [0.5, 0.6) is 0 Å². The van der Waals surface area contributed by atoms with Crippen molar-refractivity contribution in [3.8, 4) is 0 Å². The molecule has 0 radical (unpaired) electrons. The molecule has 2 N–H and O–H groups in total. The Bertz CT molecular complexity index is 405. The Balaban J connectivity index is 2.48. The van der Waals surface area contributed by atoms with Crippen LogP contribution >= 0.6 is 0 Å². The van der Waals surface area contributed by atoms with Crippen molar-refractivity contribution in [2.45, 2.75) is 19.6 Å². The molecule has 0 heterocycles. The largest absolute Gasteiger partial charge is 0.468 e. The standard InChI is InChI=1S/C13H17NO4/c1-9(11(14)13(16)17-2)12(15)18-8-10-6-4-3-5-7-10/h3-7,9,11H,8,14H2,1-2H3/t9-,11-/m0/s1. The minimum absolute atomic E-state index is 0.165. The van der Waals surface area contributed by atoms with E-state index in [1.807, 2.05) is 30.3 Å². The van der Waals surface area contributed by atoms with Crippen LogP contribution in [0.3, 0.4) is 0 Å². The van der Waals surface area contributed by atoms with Crippen molar-refractivity contribution in [2.75, 3.05) is 7.11 Å². The summed E-state index contributed by atoms with van der Waals surface area (Å²) in [6.07, 6.45) is 0. The molecule has 0 spiro atoms. The lowest BCUT2D eigenvalue weighted by molar-refractivity contribution is -0.155. The maximum Gasteiger partial charge on any atom is 0.323 e. The molecule has 2 atom stereocenters. The van der Waals surface area contributed by atoms with E-state index in [-0.39, 0.29) is 6.61 Å². The summed E-state index contributed by atoms with van der Waals surface area (Å²) in [6.45, 7) is 1.70. The van der Waals surface area contributed by atoms with E-state index in [0.29, 0.717) is 0 Å². The maximum atomic E-state index is 11.7. The Morgan fingerprint density at radius 1 is 1.22 bits per heavy atom. The van der Waals surface area contributed by atoms with Gasteiger partial charge in [0.25, 0.3) is 0 Å². The van der Waals surface area contributed by atoms with Gasteiger partial charge in [-0.25, -0.2) is 0 Å². The fraction of sp³-hybridized carbons (Fsp3) is 0.385. The van der Waals surface area contributed by atoms with Gasteiger partial charge in [0.1, 0.15) is 12.6 Å². The molecule has 0 amide bonds. The van der Waals surface area contributed by atoms with Crippen LogP contribution in [0.15, 0.2) is 30.3 Å². The molecule has 1 rings (SSSR count). The number of rotatable bonds is 5. The number of benzene rings is 1. The second kappa shape index (κ2) is 6.76. The molecule has 5 nitrogen and oxygen atoms in total. The molecule has 0 unspecified atom stereocenters. The number of nitrogens with two attached hydrogens (primary N) is 1. The van der Waals surface area contributed by atoms with E-state index in [9.17, 15) is 9.59 Å². The molecule has 0 bridgehead atoms. The van der Waals surface area contributed by atoms with Crippen molar-refractivity contribution in [3.63, 3.8) is 0 Å². The van der Waals surface area contributed by atoms with Gasteiger partial charge in [0, 0.05) is 0 Å². The van der Waals surface area contributed by atoms with Crippen LogP contribution in [0.25, 0.3) is 0 Å². The number of hydrogen-bond acceptors (Lipinski definition) is 5. The zero-order chi connectivity index (χ0) is 13.5. The third-order valence-electron chi connectivity index (χ3n) is 2.61. The Morgan fingerprint density at radius 2 is 1.83 bits per heavy atom. The predicted octanol–water partition coefficient (Wildman–Crippen LogP) is 0.866. The van der Waals surface area contributed by atoms with Gasteiger partial charge in [-0.15, -0.1) is 0 Å². The van der Waals surface area contributed by atoms with Crippen LogP contribution < -0.4 is 5.73 Å². The Labute approximate surface area is 106 Å². The van der Waals surface area contributed by atoms with E-state index in [1.54, 1.807) is 0 Å². The number of ether oxygens (including phenoxy) is 2. The summed E-state index contributed by atoms with van der Waals surface area (Å²) in [5.74, 6) is -1.88. The highest BCUT2D eigenvalue weighted by Crippen LogP contribution is 2.08. The number of esters is 2. The highest BCUT2D eigenvalue weighted by atomic mass is 16.5. The third-order valence-corrected chi connectivity index (χ3v) is 2.61. The van der Waals surface area contributed by atoms with Crippen molar-refractivity contribution in [1.29, 1.82) is 0 Å². The maximum absolute atomic E-state index is 11.7. The highest BCUT2D eigenvalue weighted by molar-refractivity contribution is 5.84. The second-order valence-electron chi connectivity index (χ2n) is 3.93. The van der Waals surface area contributed by atoms with Crippen LogP contribution in [-0.4, -0.2) is 25.1 Å². The monoisotopic (exact) mass is 251 g/mol. The predicted molar refractivity (Wildman–Crippen MR) is 65.4 cm³/mol. The molecule has 0 fully saturated rings. The van der Waals surface area contributed by atoms with E-state index < -0.39 is 23.9 Å². The molecular weight excluding hydrogens is 234 g/mol. The lowest BCUT2D eigenvalue weighted by Gasteiger charge is -2.16. The van der Waals surface area contributed by atoms with Gasteiger partial charge in [-0.3, -0.25) is 9.59 Å². The minimum atomic E-state index is -1.00. The molecule has 1 aromatic carbocycles. The summed E-state index contributed by atoms with van der Waals surface area (Å²) < 4.78 is 9.55. The van der Waals surface area contributed by atoms with Crippen molar-refractivity contribution in [2.24, 2.45) is 11.7 Å². The van der Waals surface area contributed by atoms with E-state index in [4.69, 9.17) is 10.5 Å². The molecule has 0 aliphatic heterocycles. The highest BCUT2D eigenvalue weighted by Gasteiger charge is 2.28. The number of methoxy groups -OCH3 is 1. The molecule has 18 heavy (non-hydrogen) atoms. The zero-order valence-electron chi connectivity index (χ0n) is 10.5. The summed E-state index contributed by atoms with van der Waals surface area (Å²) in [5, 5.41) is 0. The summed E-state index contributed by atoms with van der Waals surface area (Å²) in [7, 11) is 1.23.